The van der Waals surface area contributed by atoms with Crippen LogP contribution in [0.5, 0.6) is 0 Å². The standard InChI is InChI=1S/C13H20O6/c1-12(2)17-8-9(18-12)13(19-11(8)16-4)6-5-7(13)10(14)15-3/h7-9,11H,5-6H2,1-4H3/t7-,8?,9+,11+,13+/m0/s1. The van der Waals surface area contributed by atoms with E-state index >= 15 is 0 Å². The molecule has 5 atom stereocenters. The lowest BCUT2D eigenvalue weighted by Crippen LogP contribution is -2.59. The molecule has 1 aliphatic carbocycles. The SMILES string of the molecule is COC(=O)[C@@H]1CC[C@@]12O[C@@H](OC)C1OC(C)(C)O[C@H]12. The smallest absolute Gasteiger partial charge is 0.311 e. The van der Waals surface area contributed by atoms with Crippen LogP contribution in [-0.4, -0.2) is 50.1 Å². The summed E-state index contributed by atoms with van der Waals surface area (Å²) in [5.41, 5.74) is -0.661. The van der Waals surface area contributed by atoms with Gasteiger partial charge < -0.3 is 23.7 Å². The van der Waals surface area contributed by atoms with Crippen molar-refractivity contribution >= 4 is 5.97 Å². The van der Waals surface area contributed by atoms with Crippen molar-refractivity contribution in [1.82, 2.24) is 0 Å². The monoisotopic (exact) mass is 272 g/mol. The van der Waals surface area contributed by atoms with E-state index in [9.17, 15) is 4.79 Å². The van der Waals surface area contributed by atoms with Gasteiger partial charge in [-0.2, -0.15) is 0 Å². The van der Waals surface area contributed by atoms with E-state index in [0.717, 1.165) is 12.8 Å². The van der Waals surface area contributed by atoms with Gasteiger partial charge in [0.2, 0.25) is 0 Å². The van der Waals surface area contributed by atoms with Gasteiger partial charge in [0, 0.05) is 7.11 Å². The number of fused-ring (bicyclic) bond motifs is 2. The van der Waals surface area contributed by atoms with Gasteiger partial charge in [0.15, 0.2) is 12.1 Å². The van der Waals surface area contributed by atoms with E-state index in [-0.39, 0.29) is 24.1 Å². The molecule has 1 spiro atoms. The third-order valence-corrected chi connectivity index (χ3v) is 4.35. The van der Waals surface area contributed by atoms with E-state index in [2.05, 4.69) is 0 Å². The van der Waals surface area contributed by atoms with Crippen molar-refractivity contribution in [3.63, 3.8) is 0 Å². The number of ether oxygens (including phenoxy) is 5. The van der Waals surface area contributed by atoms with E-state index in [1.165, 1.54) is 7.11 Å². The average Bonchev–Trinajstić information content (AvgIpc) is 2.79. The Bertz CT molecular complexity index is 395. The highest BCUT2D eigenvalue weighted by molar-refractivity contribution is 5.75. The fourth-order valence-corrected chi connectivity index (χ4v) is 3.41. The number of methoxy groups -OCH3 is 2. The highest BCUT2D eigenvalue weighted by Crippen LogP contribution is 2.56. The van der Waals surface area contributed by atoms with Gasteiger partial charge in [-0.05, 0) is 26.7 Å². The third kappa shape index (κ3) is 1.74. The third-order valence-electron chi connectivity index (χ3n) is 4.35. The van der Waals surface area contributed by atoms with Crippen molar-refractivity contribution in [3.05, 3.63) is 0 Å². The molecule has 0 bridgehead atoms. The zero-order valence-corrected chi connectivity index (χ0v) is 11.7. The first kappa shape index (κ1) is 13.3. The van der Waals surface area contributed by atoms with E-state index in [4.69, 9.17) is 23.7 Å². The van der Waals surface area contributed by atoms with Crippen molar-refractivity contribution in [2.24, 2.45) is 5.92 Å². The van der Waals surface area contributed by atoms with Crippen LogP contribution in [0, 0.1) is 5.92 Å². The van der Waals surface area contributed by atoms with Crippen molar-refractivity contribution in [2.75, 3.05) is 14.2 Å². The van der Waals surface area contributed by atoms with Gasteiger partial charge in [-0.1, -0.05) is 0 Å². The van der Waals surface area contributed by atoms with E-state index in [0.29, 0.717) is 0 Å². The molecular weight excluding hydrogens is 252 g/mol. The molecule has 3 fully saturated rings. The van der Waals surface area contributed by atoms with Crippen molar-refractivity contribution < 1.29 is 28.5 Å². The van der Waals surface area contributed by atoms with E-state index in [1.54, 1.807) is 7.11 Å². The number of carbonyl (C=O) groups is 1. The summed E-state index contributed by atoms with van der Waals surface area (Å²) in [6.07, 6.45) is 0.417. The molecule has 6 heteroatoms. The fraction of sp³-hybridized carbons (Fsp3) is 0.923. The second-order valence-electron chi connectivity index (χ2n) is 5.81. The Hall–Kier alpha value is -0.690. The lowest BCUT2D eigenvalue weighted by molar-refractivity contribution is -0.279. The van der Waals surface area contributed by atoms with Gasteiger partial charge in [-0.3, -0.25) is 4.79 Å². The first-order valence-corrected chi connectivity index (χ1v) is 6.57. The quantitative estimate of drug-likeness (QED) is 0.694. The van der Waals surface area contributed by atoms with Gasteiger partial charge in [0.25, 0.3) is 0 Å². The summed E-state index contributed by atoms with van der Waals surface area (Å²) in [4.78, 5) is 11.9. The summed E-state index contributed by atoms with van der Waals surface area (Å²) in [7, 11) is 2.96. The molecule has 2 saturated heterocycles. The summed E-state index contributed by atoms with van der Waals surface area (Å²) in [6, 6.07) is 0. The van der Waals surface area contributed by atoms with Crippen LogP contribution in [0.1, 0.15) is 26.7 Å². The molecule has 3 rings (SSSR count). The van der Waals surface area contributed by atoms with Crippen LogP contribution in [0.2, 0.25) is 0 Å². The summed E-state index contributed by atoms with van der Waals surface area (Å²) in [5.74, 6) is -1.24. The van der Waals surface area contributed by atoms with Crippen molar-refractivity contribution in [2.45, 2.75) is 56.6 Å². The molecule has 1 unspecified atom stereocenters. The summed E-state index contributed by atoms with van der Waals surface area (Å²) < 4.78 is 27.9. The summed E-state index contributed by atoms with van der Waals surface area (Å²) in [5, 5.41) is 0. The predicted octanol–water partition coefficient (Wildman–Crippen LogP) is 0.831. The normalized spacial score (nSPS) is 46.9. The second-order valence-corrected chi connectivity index (χ2v) is 5.81. The van der Waals surface area contributed by atoms with Crippen LogP contribution in [0.25, 0.3) is 0 Å². The molecule has 0 amide bonds. The zero-order valence-electron chi connectivity index (χ0n) is 11.7. The van der Waals surface area contributed by atoms with Crippen LogP contribution in [0.15, 0.2) is 0 Å². The minimum Gasteiger partial charge on any atom is -0.469 e. The topological polar surface area (TPSA) is 63.2 Å². The Kier molecular flexibility index (Phi) is 2.91. The first-order chi connectivity index (χ1) is 8.93. The number of rotatable bonds is 2. The van der Waals surface area contributed by atoms with Gasteiger partial charge in [-0.25, -0.2) is 0 Å². The van der Waals surface area contributed by atoms with Crippen LogP contribution in [0.4, 0.5) is 0 Å². The Labute approximate surface area is 112 Å². The molecule has 108 valence electrons. The maximum absolute atomic E-state index is 11.9. The molecule has 0 aromatic carbocycles. The largest absolute Gasteiger partial charge is 0.469 e. The van der Waals surface area contributed by atoms with Gasteiger partial charge >= 0.3 is 5.97 Å². The Balaban J connectivity index is 1.89. The zero-order chi connectivity index (χ0) is 13.8. The molecule has 0 radical (unpaired) electrons. The van der Waals surface area contributed by atoms with Crippen molar-refractivity contribution in [3.8, 4) is 0 Å². The average molecular weight is 272 g/mol. The molecular formula is C13H20O6. The number of hydrogen-bond donors (Lipinski definition) is 0. The van der Waals surface area contributed by atoms with Gasteiger partial charge in [0.1, 0.15) is 17.8 Å². The first-order valence-electron chi connectivity index (χ1n) is 6.57. The Morgan fingerprint density at radius 3 is 2.47 bits per heavy atom. The molecule has 6 nitrogen and oxygen atoms in total. The molecule has 2 heterocycles. The van der Waals surface area contributed by atoms with E-state index in [1.807, 2.05) is 13.8 Å². The maximum atomic E-state index is 11.9. The van der Waals surface area contributed by atoms with Crippen LogP contribution in [0.3, 0.4) is 0 Å². The molecule has 3 aliphatic rings. The second kappa shape index (κ2) is 4.15. The van der Waals surface area contributed by atoms with Crippen LogP contribution in [-0.2, 0) is 28.5 Å². The minimum absolute atomic E-state index is 0.255. The molecule has 0 N–H and O–H groups in total. The summed E-state index contributed by atoms with van der Waals surface area (Å²) in [6.45, 7) is 3.72. The lowest BCUT2D eigenvalue weighted by atomic mass is 9.66. The summed E-state index contributed by atoms with van der Waals surface area (Å²) >= 11 is 0. The Morgan fingerprint density at radius 2 is 1.95 bits per heavy atom. The molecule has 1 saturated carbocycles. The highest BCUT2D eigenvalue weighted by Gasteiger charge is 2.70. The predicted molar refractivity (Wildman–Crippen MR) is 63.2 cm³/mol. The minimum atomic E-state index is -0.681. The van der Waals surface area contributed by atoms with Gasteiger partial charge in [0.05, 0.1) is 13.0 Å². The Morgan fingerprint density at radius 1 is 1.21 bits per heavy atom. The number of carbonyl (C=O) groups excluding carboxylic acids is 1. The lowest BCUT2D eigenvalue weighted by Gasteiger charge is -2.47. The van der Waals surface area contributed by atoms with E-state index < -0.39 is 17.7 Å². The molecule has 0 aromatic heterocycles. The van der Waals surface area contributed by atoms with Crippen molar-refractivity contribution in [1.29, 1.82) is 0 Å². The fourth-order valence-electron chi connectivity index (χ4n) is 3.41. The number of esters is 1. The molecule has 19 heavy (non-hydrogen) atoms. The molecule has 0 aromatic rings. The maximum Gasteiger partial charge on any atom is 0.311 e. The number of hydrogen-bond acceptors (Lipinski definition) is 6. The molecule has 2 aliphatic heterocycles. The van der Waals surface area contributed by atoms with Crippen LogP contribution < -0.4 is 0 Å². The highest BCUT2D eigenvalue weighted by atomic mass is 16.8. The van der Waals surface area contributed by atoms with Gasteiger partial charge in [-0.15, -0.1) is 0 Å². The van der Waals surface area contributed by atoms with Crippen LogP contribution >= 0.6 is 0 Å².